The maximum atomic E-state index is 13.2. The summed E-state index contributed by atoms with van der Waals surface area (Å²) in [5.41, 5.74) is 1.32. The van der Waals surface area contributed by atoms with E-state index in [0.29, 0.717) is 38.3 Å². The summed E-state index contributed by atoms with van der Waals surface area (Å²) in [7, 11) is 0. The van der Waals surface area contributed by atoms with Crippen LogP contribution in [-0.2, 0) is 0 Å². The second kappa shape index (κ2) is 7.21. The Morgan fingerprint density at radius 3 is 2.70 bits per heavy atom. The van der Waals surface area contributed by atoms with Crippen molar-refractivity contribution in [2.45, 2.75) is 6.10 Å². The van der Waals surface area contributed by atoms with Crippen molar-refractivity contribution in [3.63, 3.8) is 0 Å². The van der Waals surface area contributed by atoms with Gasteiger partial charge < -0.3 is 10.0 Å². The lowest BCUT2D eigenvalue weighted by Crippen LogP contribution is -2.49. The van der Waals surface area contributed by atoms with E-state index in [2.05, 4.69) is 4.90 Å². The number of thiophene rings is 1. The van der Waals surface area contributed by atoms with Gasteiger partial charge in [-0.1, -0.05) is 12.1 Å². The molecule has 4 nitrogen and oxygen atoms in total. The van der Waals surface area contributed by atoms with Crippen molar-refractivity contribution in [2.75, 3.05) is 32.7 Å². The van der Waals surface area contributed by atoms with Crippen LogP contribution in [0.5, 0.6) is 0 Å². The van der Waals surface area contributed by atoms with Crippen molar-refractivity contribution in [1.29, 1.82) is 0 Å². The molecule has 1 aliphatic rings. The number of β-amino-alcohol motifs (C(OH)–C–C–N with tert-alkyl or cyclic N) is 1. The van der Waals surface area contributed by atoms with Gasteiger partial charge in [-0.2, -0.15) is 11.3 Å². The van der Waals surface area contributed by atoms with Gasteiger partial charge in [0.15, 0.2) is 0 Å². The van der Waals surface area contributed by atoms with Crippen LogP contribution in [0.25, 0.3) is 0 Å². The Bertz CT molecular complexity index is 654. The van der Waals surface area contributed by atoms with E-state index in [1.807, 2.05) is 21.7 Å². The number of amides is 1. The molecule has 2 aromatic rings. The molecule has 122 valence electrons. The minimum atomic E-state index is -0.718. The maximum absolute atomic E-state index is 13.2. The topological polar surface area (TPSA) is 43.8 Å². The number of hydrogen-bond acceptors (Lipinski definition) is 4. The average molecular weight is 334 g/mol. The number of piperazine rings is 1. The Morgan fingerprint density at radius 2 is 2.04 bits per heavy atom. The molecule has 1 aliphatic heterocycles. The SMILES string of the molecule is O=C(c1ccsc1)N1CCN(C[C@@H](O)c2cccc(F)c2)CC1. The van der Waals surface area contributed by atoms with Crippen LogP contribution in [0.3, 0.4) is 0 Å². The summed E-state index contributed by atoms with van der Waals surface area (Å²) >= 11 is 1.52. The number of benzene rings is 1. The first-order valence-corrected chi connectivity index (χ1v) is 8.55. The summed E-state index contributed by atoms with van der Waals surface area (Å²) in [6.45, 7) is 3.16. The summed E-state index contributed by atoms with van der Waals surface area (Å²) < 4.78 is 13.2. The van der Waals surface area contributed by atoms with Crippen molar-refractivity contribution >= 4 is 17.2 Å². The van der Waals surface area contributed by atoms with Crippen LogP contribution in [0.2, 0.25) is 0 Å². The molecule has 1 atom stereocenters. The molecular weight excluding hydrogens is 315 g/mol. The van der Waals surface area contributed by atoms with Gasteiger partial charge in [0.25, 0.3) is 5.91 Å². The number of carbonyl (C=O) groups excluding carboxylic acids is 1. The van der Waals surface area contributed by atoms with Crippen LogP contribution < -0.4 is 0 Å². The lowest BCUT2D eigenvalue weighted by atomic mass is 10.1. The summed E-state index contributed by atoms with van der Waals surface area (Å²) in [6.07, 6.45) is -0.718. The minimum Gasteiger partial charge on any atom is -0.387 e. The maximum Gasteiger partial charge on any atom is 0.254 e. The first kappa shape index (κ1) is 16.1. The number of hydrogen-bond donors (Lipinski definition) is 1. The zero-order valence-electron chi connectivity index (χ0n) is 12.7. The van der Waals surface area contributed by atoms with Crippen molar-refractivity contribution in [2.24, 2.45) is 0 Å². The summed E-state index contributed by atoms with van der Waals surface area (Å²) in [5, 5.41) is 14.0. The van der Waals surface area contributed by atoms with E-state index in [1.54, 1.807) is 12.1 Å². The Hall–Kier alpha value is -1.76. The van der Waals surface area contributed by atoms with Gasteiger partial charge in [0.1, 0.15) is 5.82 Å². The zero-order chi connectivity index (χ0) is 16.2. The third-order valence-corrected chi connectivity index (χ3v) is 4.78. The highest BCUT2D eigenvalue weighted by molar-refractivity contribution is 7.08. The summed E-state index contributed by atoms with van der Waals surface area (Å²) in [6, 6.07) is 7.90. The second-order valence-corrected chi connectivity index (χ2v) is 6.46. The van der Waals surface area contributed by atoms with E-state index in [1.165, 1.54) is 23.5 Å². The average Bonchev–Trinajstić information content (AvgIpc) is 3.09. The van der Waals surface area contributed by atoms with Crippen LogP contribution in [0.1, 0.15) is 22.0 Å². The molecule has 1 N–H and O–H groups in total. The molecular formula is C17H19FN2O2S. The fourth-order valence-electron chi connectivity index (χ4n) is 2.77. The number of nitrogens with zero attached hydrogens (tertiary/aromatic N) is 2. The van der Waals surface area contributed by atoms with E-state index >= 15 is 0 Å². The third-order valence-electron chi connectivity index (χ3n) is 4.09. The monoisotopic (exact) mass is 334 g/mol. The number of carbonyl (C=O) groups is 1. The van der Waals surface area contributed by atoms with Gasteiger partial charge in [-0.3, -0.25) is 9.69 Å². The van der Waals surface area contributed by atoms with E-state index in [4.69, 9.17) is 0 Å². The summed E-state index contributed by atoms with van der Waals surface area (Å²) in [5.74, 6) is -0.274. The van der Waals surface area contributed by atoms with Crippen LogP contribution in [0.4, 0.5) is 4.39 Å². The first-order chi connectivity index (χ1) is 11.1. The Balaban J connectivity index is 1.52. The molecule has 0 radical (unpaired) electrons. The molecule has 1 aromatic heterocycles. The molecule has 2 heterocycles. The molecule has 6 heteroatoms. The molecule has 0 saturated carbocycles. The molecule has 3 rings (SSSR count). The second-order valence-electron chi connectivity index (χ2n) is 5.68. The van der Waals surface area contributed by atoms with Crippen molar-refractivity contribution < 1.29 is 14.3 Å². The lowest BCUT2D eigenvalue weighted by Gasteiger charge is -2.35. The fourth-order valence-corrected chi connectivity index (χ4v) is 3.40. The van der Waals surface area contributed by atoms with Crippen molar-refractivity contribution in [3.05, 3.63) is 58.0 Å². The van der Waals surface area contributed by atoms with Gasteiger partial charge >= 0.3 is 0 Å². The highest BCUT2D eigenvalue weighted by Crippen LogP contribution is 2.17. The molecule has 0 bridgehead atoms. The van der Waals surface area contributed by atoms with Gasteiger partial charge in [0.2, 0.25) is 0 Å². The van der Waals surface area contributed by atoms with Crippen molar-refractivity contribution in [3.8, 4) is 0 Å². The molecule has 1 aromatic carbocycles. The quantitative estimate of drug-likeness (QED) is 0.934. The van der Waals surface area contributed by atoms with Crippen LogP contribution >= 0.6 is 11.3 Å². The van der Waals surface area contributed by atoms with Gasteiger partial charge in [0, 0.05) is 38.1 Å². The van der Waals surface area contributed by atoms with Gasteiger partial charge in [-0.25, -0.2) is 4.39 Å². The highest BCUT2D eigenvalue weighted by atomic mass is 32.1. The van der Waals surface area contributed by atoms with Crippen LogP contribution in [0, 0.1) is 5.82 Å². The van der Waals surface area contributed by atoms with Crippen molar-refractivity contribution in [1.82, 2.24) is 9.80 Å². The number of aliphatic hydroxyl groups is 1. The van der Waals surface area contributed by atoms with E-state index in [0.717, 1.165) is 5.56 Å². The molecule has 1 saturated heterocycles. The first-order valence-electron chi connectivity index (χ1n) is 7.61. The Labute approximate surface area is 138 Å². The minimum absolute atomic E-state index is 0.0663. The smallest absolute Gasteiger partial charge is 0.254 e. The van der Waals surface area contributed by atoms with E-state index in [9.17, 15) is 14.3 Å². The van der Waals surface area contributed by atoms with Gasteiger partial charge in [-0.05, 0) is 29.1 Å². The fraction of sp³-hybridized carbons (Fsp3) is 0.353. The van der Waals surface area contributed by atoms with E-state index in [-0.39, 0.29) is 11.7 Å². The van der Waals surface area contributed by atoms with Gasteiger partial charge in [0.05, 0.1) is 11.7 Å². The lowest BCUT2D eigenvalue weighted by molar-refractivity contribution is 0.0527. The number of rotatable bonds is 4. The molecule has 0 spiro atoms. The predicted octanol–water partition coefficient (Wildman–Crippen LogP) is 2.38. The summed E-state index contributed by atoms with van der Waals surface area (Å²) in [4.78, 5) is 16.2. The molecule has 0 unspecified atom stereocenters. The molecule has 0 aliphatic carbocycles. The van der Waals surface area contributed by atoms with Crippen LogP contribution in [0.15, 0.2) is 41.1 Å². The molecule has 23 heavy (non-hydrogen) atoms. The number of aliphatic hydroxyl groups excluding tert-OH is 1. The van der Waals surface area contributed by atoms with Crippen LogP contribution in [-0.4, -0.2) is 53.5 Å². The van der Waals surface area contributed by atoms with E-state index < -0.39 is 6.10 Å². The zero-order valence-corrected chi connectivity index (χ0v) is 13.5. The Kier molecular flexibility index (Phi) is 5.05. The highest BCUT2D eigenvalue weighted by Gasteiger charge is 2.24. The predicted molar refractivity (Wildman–Crippen MR) is 88.0 cm³/mol. The normalized spacial score (nSPS) is 17.2. The Morgan fingerprint density at radius 1 is 1.26 bits per heavy atom. The van der Waals surface area contributed by atoms with Gasteiger partial charge in [-0.15, -0.1) is 0 Å². The third kappa shape index (κ3) is 3.96. The molecule has 1 amide bonds. The standard InChI is InChI=1S/C17H19FN2O2S/c18-15-3-1-2-13(10-15)16(21)11-19-5-7-20(8-6-19)17(22)14-4-9-23-12-14/h1-4,9-10,12,16,21H,5-8,11H2/t16-/m1/s1. The molecule has 1 fully saturated rings. The largest absolute Gasteiger partial charge is 0.387 e. The number of halogens is 1.